The van der Waals surface area contributed by atoms with Crippen LogP contribution in [0.1, 0.15) is 11.1 Å². The Kier molecular flexibility index (Phi) is 6.65. The highest BCUT2D eigenvalue weighted by Crippen LogP contribution is 2.45. The molecule has 0 aliphatic heterocycles. The van der Waals surface area contributed by atoms with Crippen molar-refractivity contribution in [1.29, 1.82) is 0 Å². The van der Waals surface area contributed by atoms with E-state index in [-0.39, 0.29) is 0 Å². The molecule has 1 aromatic heterocycles. The monoisotopic (exact) mass is 675 g/mol. The standard InChI is InChI=1S/C51H33NO/c1-3-11-34(12-4-1)47-32-49-48-30-37(22-26-50(48)53-51(49)44-18-10-9-17-43(44)47)33-19-23-41(24-20-33)52(40-15-5-2-6-16-40)42-25-21-38-28-39-27-35-13-7-8-14-36(35)29-45(39)46(38)31-42/h1-27,29-32H,28H2. The summed E-state index contributed by atoms with van der Waals surface area (Å²) in [5, 5.41) is 7.18. The maximum Gasteiger partial charge on any atom is 0.143 e. The number of rotatable bonds is 5. The molecule has 2 heteroatoms. The normalized spacial score (nSPS) is 12.1. The quantitative estimate of drug-likeness (QED) is 0.181. The van der Waals surface area contributed by atoms with Crippen molar-refractivity contribution in [2.75, 3.05) is 4.90 Å². The van der Waals surface area contributed by atoms with Crippen LogP contribution in [-0.2, 0) is 6.42 Å². The zero-order chi connectivity index (χ0) is 34.9. The number of benzene rings is 9. The van der Waals surface area contributed by atoms with Crippen molar-refractivity contribution in [3.8, 4) is 33.4 Å². The number of furan rings is 1. The van der Waals surface area contributed by atoms with Crippen molar-refractivity contribution in [2.24, 2.45) is 0 Å². The van der Waals surface area contributed by atoms with Gasteiger partial charge in [-0.1, -0.05) is 127 Å². The topological polar surface area (TPSA) is 16.4 Å². The molecule has 10 aromatic rings. The summed E-state index contributed by atoms with van der Waals surface area (Å²) in [6.45, 7) is 0. The van der Waals surface area contributed by atoms with Gasteiger partial charge in [-0.2, -0.15) is 0 Å². The minimum atomic E-state index is 0.900. The van der Waals surface area contributed by atoms with Gasteiger partial charge in [-0.25, -0.2) is 0 Å². The Morgan fingerprint density at radius 3 is 1.81 bits per heavy atom. The lowest BCUT2D eigenvalue weighted by Gasteiger charge is -2.26. The summed E-state index contributed by atoms with van der Waals surface area (Å²) in [6.07, 6.45) is 0.968. The zero-order valence-corrected chi connectivity index (χ0v) is 29.0. The molecule has 0 N–H and O–H groups in total. The molecular weight excluding hydrogens is 643 g/mol. The molecule has 0 unspecified atom stereocenters. The van der Waals surface area contributed by atoms with Gasteiger partial charge in [0, 0.05) is 33.2 Å². The summed E-state index contributed by atoms with van der Waals surface area (Å²) in [6, 6.07) is 68.2. The summed E-state index contributed by atoms with van der Waals surface area (Å²) in [4.78, 5) is 2.37. The van der Waals surface area contributed by atoms with Crippen LogP contribution in [0.25, 0.3) is 76.9 Å². The van der Waals surface area contributed by atoms with Crippen molar-refractivity contribution < 1.29 is 4.42 Å². The SMILES string of the molecule is c1ccc(-c2cc3c4cc(-c5ccc(N(c6ccccc6)c6ccc7c(c6)-c6cc8ccccc8cc6C7)cc5)ccc4oc3c3ccccc23)cc1. The minimum absolute atomic E-state index is 0.900. The second-order valence-electron chi connectivity index (χ2n) is 14.1. The van der Waals surface area contributed by atoms with Crippen LogP contribution in [0.15, 0.2) is 192 Å². The molecule has 1 aliphatic rings. The maximum absolute atomic E-state index is 6.56. The summed E-state index contributed by atoms with van der Waals surface area (Å²) in [7, 11) is 0. The highest BCUT2D eigenvalue weighted by atomic mass is 16.3. The number of anilines is 3. The molecule has 2 nitrogen and oxygen atoms in total. The fourth-order valence-corrected chi connectivity index (χ4v) is 8.46. The van der Waals surface area contributed by atoms with Crippen LogP contribution in [0.5, 0.6) is 0 Å². The van der Waals surface area contributed by atoms with E-state index < -0.39 is 0 Å². The summed E-state index contributed by atoms with van der Waals surface area (Å²) >= 11 is 0. The molecule has 0 radical (unpaired) electrons. The largest absolute Gasteiger partial charge is 0.455 e. The molecule has 248 valence electrons. The fourth-order valence-electron chi connectivity index (χ4n) is 8.46. The molecule has 9 aromatic carbocycles. The number of nitrogens with zero attached hydrogens (tertiary/aromatic N) is 1. The summed E-state index contributed by atoms with van der Waals surface area (Å²) in [5.74, 6) is 0. The van der Waals surface area contributed by atoms with E-state index in [1.807, 2.05) is 0 Å². The van der Waals surface area contributed by atoms with E-state index in [0.29, 0.717) is 0 Å². The molecule has 0 fully saturated rings. The predicted octanol–water partition coefficient (Wildman–Crippen LogP) is 14.3. The highest BCUT2D eigenvalue weighted by Gasteiger charge is 2.22. The van der Waals surface area contributed by atoms with Crippen molar-refractivity contribution >= 4 is 60.5 Å². The van der Waals surface area contributed by atoms with Crippen LogP contribution in [0.4, 0.5) is 17.1 Å². The van der Waals surface area contributed by atoms with Gasteiger partial charge in [0.05, 0.1) is 0 Å². The number of para-hydroxylation sites is 1. The maximum atomic E-state index is 6.56. The third-order valence-electron chi connectivity index (χ3n) is 11.0. The molecule has 0 amide bonds. The second kappa shape index (κ2) is 11.8. The number of hydrogen-bond donors (Lipinski definition) is 0. The lowest BCUT2D eigenvalue weighted by atomic mass is 9.95. The minimum Gasteiger partial charge on any atom is -0.455 e. The number of hydrogen-bond acceptors (Lipinski definition) is 2. The van der Waals surface area contributed by atoms with Gasteiger partial charge < -0.3 is 9.32 Å². The van der Waals surface area contributed by atoms with Crippen LogP contribution in [0.2, 0.25) is 0 Å². The lowest BCUT2D eigenvalue weighted by Crippen LogP contribution is -2.10. The first-order chi connectivity index (χ1) is 26.2. The average molecular weight is 676 g/mol. The molecule has 0 spiro atoms. The van der Waals surface area contributed by atoms with Gasteiger partial charge in [-0.3, -0.25) is 0 Å². The summed E-state index contributed by atoms with van der Waals surface area (Å²) in [5.41, 5.74) is 15.4. The van der Waals surface area contributed by atoms with Crippen molar-refractivity contribution in [3.05, 3.63) is 199 Å². The Labute approximate surface area is 307 Å². The van der Waals surface area contributed by atoms with E-state index in [1.54, 1.807) is 0 Å². The van der Waals surface area contributed by atoms with E-state index in [0.717, 1.165) is 61.9 Å². The molecule has 0 saturated carbocycles. The predicted molar refractivity (Wildman–Crippen MR) is 223 cm³/mol. The van der Waals surface area contributed by atoms with E-state index >= 15 is 0 Å². The van der Waals surface area contributed by atoms with Crippen LogP contribution in [-0.4, -0.2) is 0 Å². The third kappa shape index (κ3) is 4.87. The molecule has 53 heavy (non-hydrogen) atoms. The van der Waals surface area contributed by atoms with Crippen LogP contribution in [0.3, 0.4) is 0 Å². The zero-order valence-electron chi connectivity index (χ0n) is 29.0. The van der Waals surface area contributed by atoms with E-state index in [1.165, 1.54) is 49.5 Å². The first-order valence-electron chi connectivity index (χ1n) is 18.3. The van der Waals surface area contributed by atoms with Gasteiger partial charge in [0.25, 0.3) is 0 Å². The lowest BCUT2D eigenvalue weighted by molar-refractivity contribution is 0.673. The van der Waals surface area contributed by atoms with Crippen molar-refractivity contribution in [3.63, 3.8) is 0 Å². The Balaban J connectivity index is 1.00. The van der Waals surface area contributed by atoms with Gasteiger partial charge in [0.15, 0.2) is 0 Å². The van der Waals surface area contributed by atoms with Gasteiger partial charge in [-0.15, -0.1) is 0 Å². The highest BCUT2D eigenvalue weighted by molar-refractivity contribution is 6.19. The molecular formula is C51H33NO. The van der Waals surface area contributed by atoms with Crippen molar-refractivity contribution in [1.82, 2.24) is 0 Å². The Hall–Kier alpha value is -6.90. The van der Waals surface area contributed by atoms with Crippen LogP contribution < -0.4 is 4.90 Å². The smallest absolute Gasteiger partial charge is 0.143 e. The van der Waals surface area contributed by atoms with Gasteiger partial charge in [0.2, 0.25) is 0 Å². The van der Waals surface area contributed by atoms with Crippen LogP contribution in [0, 0.1) is 0 Å². The molecule has 0 saturated heterocycles. The van der Waals surface area contributed by atoms with E-state index in [9.17, 15) is 0 Å². The van der Waals surface area contributed by atoms with Gasteiger partial charge in [0.1, 0.15) is 11.2 Å². The second-order valence-corrected chi connectivity index (χ2v) is 14.1. The fraction of sp³-hybridized carbons (Fsp3) is 0.0196. The molecule has 11 rings (SSSR count). The van der Waals surface area contributed by atoms with Gasteiger partial charge >= 0.3 is 0 Å². The number of fused-ring (bicyclic) bond motifs is 9. The molecule has 1 aliphatic carbocycles. The average Bonchev–Trinajstić information content (AvgIpc) is 3.78. The van der Waals surface area contributed by atoms with Crippen molar-refractivity contribution in [2.45, 2.75) is 6.42 Å². The Morgan fingerprint density at radius 1 is 0.358 bits per heavy atom. The molecule has 0 bridgehead atoms. The third-order valence-corrected chi connectivity index (χ3v) is 11.0. The molecule has 0 atom stereocenters. The van der Waals surface area contributed by atoms with Gasteiger partial charge in [-0.05, 0) is 128 Å². The van der Waals surface area contributed by atoms with E-state index in [2.05, 4.69) is 193 Å². The molecule has 1 heterocycles. The first-order valence-corrected chi connectivity index (χ1v) is 18.3. The Bertz CT molecular complexity index is 3010. The van der Waals surface area contributed by atoms with E-state index in [4.69, 9.17) is 4.42 Å². The first kappa shape index (κ1) is 29.8. The Morgan fingerprint density at radius 2 is 1.00 bits per heavy atom. The van der Waals surface area contributed by atoms with Crippen LogP contribution >= 0.6 is 0 Å². The summed E-state index contributed by atoms with van der Waals surface area (Å²) < 4.78 is 6.56.